The summed E-state index contributed by atoms with van der Waals surface area (Å²) in [4.78, 5) is 39.6. The molecule has 0 spiro atoms. The molecular formula is C20H22BrN3O3S. The summed E-state index contributed by atoms with van der Waals surface area (Å²) in [5, 5.41) is 0. The van der Waals surface area contributed by atoms with E-state index in [9.17, 15) is 14.4 Å². The van der Waals surface area contributed by atoms with Gasteiger partial charge in [0.05, 0.1) is 14.6 Å². The van der Waals surface area contributed by atoms with E-state index in [4.69, 9.17) is 0 Å². The van der Waals surface area contributed by atoms with Crippen LogP contribution in [0.4, 0.5) is 0 Å². The number of benzene rings is 1. The summed E-state index contributed by atoms with van der Waals surface area (Å²) in [7, 11) is 0. The van der Waals surface area contributed by atoms with Crippen LogP contribution in [0, 0.1) is 19.8 Å². The SMILES string of the molecule is Cc1cc(C)cc(C(=O)N2CCCC(C(=O)NNC(=O)c3ccc(Br)s3)C2)c1. The van der Waals surface area contributed by atoms with Crippen LogP contribution in [0.5, 0.6) is 0 Å². The number of rotatable bonds is 3. The second-order valence-corrected chi connectivity index (χ2v) is 9.48. The molecule has 148 valence electrons. The molecule has 1 saturated heterocycles. The summed E-state index contributed by atoms with van der Waals surface area (Å²) in [5.41, 5.74) is 7.67. The molecule has 1 unspecified atom stereocenters. The molecule has 1 aromatic carbocycles. The standard InChI is InChI=1S/C20H22BrN3O3S/c1-12-8-13(2)10-15(9-12)20(27)24-7-3-4-14(11-24)18(25)22-23-19(26)16-5-6-17(21)28-16/h5-6,8-10,14H,3-4,7,11H2,1-2H3,(H,22,25)(H,23,26). The van der Waals surface area contributed by atoms with Crippen LogP contribution in [0.1, 0.15) is 44.0 Å². The Labute approximate surface area is 176 Å². The third kappa shape index (κ3) is 4.99. The minimum absolute atomic E-state index is 0.0585. The molecule has 2 N–H and O–H groups in total. The molecule has 0 radical (unpaired) electrons. The van der Waals surface area contributed by atoms with Crippen LogP contribution < -0.4 is 10.9 Å². The van der Waals surface area contributed by atoms with E-state index in [-0.39, 0.29) is 23.6 Å². The Hall–Kier alpha value is -2.19. The summed E-state index contributed by atoms with van der Waals surface area (Å²) in [6, 6.07) is 9.23. The van der Waals surface area contributed by atoms with Crippen molar-refractivity contribution in [3.63, 3.8) is 0 Å². The molecule has 3 rings (SSSR count). The summed E-state index contributed by atoms with van der Waals surface area (Å²) >= 11 is 4.59. The molecule has 1 atom stereocenters. The van der Waals surface area contributed by atoms with E-state index in [2.05, 4.69) is 26.8 Å². The fraction of sp³-hybridized carbons (Fsp3) is 0.350. The highest BCUT2D eigenvalue weighted by molar-refractivity contribution is 9.11. The van der Waals surface area contributed by atoms with Gasteiger partial charge in [0.25, 0.3) is 11.8 Å². The van der Waals surface area contributed by atoms with Gasteiger partial charge in [-0.1, -0.05) is 17.2 Å². The molecule has 0 aliphatic carbocycles. The van der Waals surface area contributed by atoms with Crippen LogP contribution in [-0.2, 0) is 4.79 Å². The summed E-state index contributed by atoms with van der Waals surface area (Å²) in [5.74, 6) is -1.04. The third-order valence-corrected chi connectivity index (χ3v) is 6.27. The Balaban J connectivity index is 1.58. The first-order chi connectivity index (χ1) is 13.3. The monoisotopic (exact) mass is 463 g/mol. The van der Waals surface area contributed by atoms with E-state index in [0.717, 1.165) is 21.3 Å². The highest BCUT2D eigenvalue weighted by atomic mass is 79.9. The maximum absolute atomic E-state index is 12.8. The molecule has 1 aliphatic heterocycles. The maximum atomic E-state index is 12.8. The van der Waals surface area contributed by atoms with E-state index >= 15 is 0 Å². The van der Waals surface area contributed by atoms with Gasteiger partial charge in [0.1, 0.15) is 0 Å². The van der Waals surface area contributed by atoms with Crippen LogP contribution in [0.2, 0.25) is 0 Å². The number of likely N-dealkylation sites (tertiary alicyclic amines) is 1. The lowest BCUT2D eigenvalue weighted by molar-refractivity contribution is -0.127. The zero-order chi connectivity index (χ0) is 20.3. The van der Waals surface area contributed by atoms with Gasteiger partial charge in [0.2, 0.25) is 5.91 Å². The van der Waals surface area contributed by atoms with Gasteiger partial charge >= 0.3 is 0 Å². The Bertz CT molecular complexity index is 892. The molecule has 2 heterocycles. The van der Waals surface area contributed by atoms with Gasteiger partial charge < -0.3 is 4.90 Å². The highest BCUT2D eigenvalue weighted by Gasteiger charge is 2.29. The smallest absolute Gasteiger partial charge is 0.279 e. The van der Waals surface area contributed by atoms with Crippen molar-refractivity contribution in [2.45, 2.75) is 26.7 Å². The van der Waals surface area contributed by atoms with Gasteiger partial charge in [-0.05, 0) is 66.9 Å². The van der Waals surface area contributed by atoms with Crippen molar-refractivity contribution < 1.29 is 14.4 Å². The van der Waals surface area contributed by atoms with Crippen molar-refractivity contribution in [3.05, 3.63) is 55.7 Å². The molecule has 3 amide bonds. The number of amides is 3. The number of carbonyl (C=O) groups is 3. The molecule has 8 heteroatoms. The molecule has 28 heavy (non-hydrogen) atoms. The molecule has 1 fully saturated rings. The molecule has 6 nitrogen and oxygen atoms in total. The first-order valence-electron chi connectivity index (χ1n) is 9.06. The first kappa shape index (κ1) is 20.5. The molecule has 1 aromatic heterocycles. The third-order valence-electron chi connectivity index (χ3n) is 4.64. The van der Waals surface area contributed by atoms with Crippen molar-refractivity contribution >= 4 is 45.0 Å². The Kier molecular flexibility index (Phi) is 6.51. The van der Waals surface area contributed by atoms with Gasteiger partial charge in [0, 0.05) is 18.7 Å². The lowest BCUT2D eigenvalue weighted by Crippen LogP contribution is -2.50. The molecule has 0 saturated carbocycles. The summed E-state index contributed by atoms with van der Waals surface area (Å²) in [6.45, 7) is 4.90. The molecule has 0 bridgehead atoms. The van der Waals surface area contributed by atoms with E-state index in [1.165, 1.54) is 11.3 Å². The van der Waals surface area contributed by atoms with Gasteiger partial charge in [0.15, 0.2) is 0 Å². The maximum Gasteiger partial charge on any atom is 0.279 e. The van der Waals surface area contributed by atoms with Crippen LogP contribution in [0.25, 0.3) is 0 Å². The number of thiophene rings is 1. The molecule has 2 aromatic rings. The average Bonchev–Trinajstić information content (AvgIpc) is 3.11. The number of nitrogens with one attached hydrogen (secondary N) is 2. The van der Waals surface area contributed by atoms with Crippen molar-refractivity contribution in [1.82, 2.24) is 15.8 Å². The predicted molar refractivity (Wildman–Crippen MR) is 112 cm³/mol. The van der Waals surface area contributed by atoms with Gasteiger partial charge in [-0.2, -0.15) is 0 Å². The Morgan fingerprint density at radius 3 is 2.46 bits per heavy atom. The normalized spacial score (nSPS) is 16.5. The van der Waals surface area contributed by atoms with Crippen LogP contribution in [0.15, 0.2) is 34.1 Å². The van der Waals surface area contributed by atoms with E-state index < -0.39 is 0 Å². The Morgan fingerprint density at radius 1 is 1.11 bits per heavy atom. The minimum Gasteiger partial charge on any atom is -0.338 e. The number of aryl methyl sites for hydroxylation is 2. The van der Waals surface area contributed by atoms with Crippen LogP contribution in [-0.4, -0.2) is 35.7 Å². The first-order valence-corrected chi connectivity index (χ1v) is 10.7. The Morgan fingerprint density at radius 2 is 1.82 bits per heavy atom. The second kappa shape index (κ2) is 8.87. The highest BCUT2D eigenvalue weighted by Crippen LogP contribution is 2.22. The van der Waals surface area contributed by atoms with Gasteiger partial charge in [-0.3, -0.25) is 25.2 Å². The lowest BCUT2D eigenvalue weighted by Gasteiger charge is -2.32. The quantitative estimate of drug-likeness (QED) is 0.684. The average molecular weight is 464 g/mol. The zero-order valence-electron chi connectivity index (χ0n) is 15.8. The molecule has 1 aliphatic rings. The van der Waals surface area contributed by atoms with Crippen molar-refractivity contribution in [3.8, 4) is 0 Å². The van der Waals surface area contributed by atoms with Gasteiger partial charge in [-0.15, -0.1) is 11.3 Å². The number of hydrogen-bond donors (Lipinski definition) is 2. The zero-order valence-corrected chi connectivity index (χ0v) is 18.2. The number of hydrazine groups is 1. The van der Waals surface area contributed by atoms with E-state index in [0.29, 0.717) is 30.0 Å². The lowest BCUT2D eigenvalue weighted by atomic mass is 9.96. The number of carbonyl (C=O) groups excluding carboxylic acids is 3. The van der Waals surface area contributed by atoms with Crippen molar-refractivity contribution in [2.75, 3.05) is 13.1 Å². The summed E-state index contributed by atoms with van der Waals surface area (Å²) < 4.78 is 0.844. The van der Waals surface area contributed by atoms with Crippen LogP contribution in [0.3, 0.4) is 0 Å². The van der Waals surface area contributed by atoms with Crippen LogP contribution >= 0.6 is 27.3 Å². The number of halogens is 1. The van der Waals surface area contributed by atoms with Crippen molar-refractivity contribution in [1.29, 1.82) is 0 Å². The number of nitrogens with zero attached hydrogens (tertiary/aromatic N) is 1. The minimum atomic E-state index is -0.358. The molecular weight excluding hydrogens is 442 g/mol. The van der Waals surface area contributed by atoms with Gasteiger partial charge in [-0.25, -0.2) is 0 Å². The fourth-order valence-corrected chi connectivity index (χ4v) is 4.66. The van der Waals surface area contributed by atoms with Crippen molar-refractivity contribution in [2.24, 2.45) is 5.92 Å². The summed E-state index contributed by atoms with van der Waals surface area (Å²) in [6.07, 6.45) is 1.43. The number of piperidine rings is 1. The topological polar surface area (TPSA) is 78.5 Å². The van der Waals surface area contributed by atoms with E-state index in [1.807, 2.05) is 32.0 Å². The fourth-order valence-electron chi connectivity index (χ4n) is 3.37. The second-order valence-electron chi connectivity index (χ2n) is 7.01. The predicted octanol–water partition coefficient (Wildman–Crippen LogP) is 3.44. The number of hydrogen-bond acceptors (Lipinski definition) is 4. The largest absolute Gasteiger partial charge is 0.338 e. The van der Waals surface area contributed by atoms with E-state index in [1.54, 1.807) is 17.0 Å².